The van der Waals surface area contributed by atoms with Gasteiger partial charge in [-0.05, 0) is 93.5 Å². The van der Waals surface area contributed by atoms with Crippen molar-refractivity contribution in [2.24, 2.45) is 0 Å². The molecule has 7 rings (SSSR count). The van der Waals surface area contributed by atoms with Crippen LogP contribution in [0.3, 0.4) is 0 Å². The van der Waals surface area contributed by atoms with Gasteiger partial charge in [-0.15, -0.1) is 0 Å². The van der Waals surface area contributed by atoms with Gasteiger partial charge in [0, 0.05) is 5.41 Å². The van der Waals surface area contributed by atoms with Gasteiger partial charge in [0.2, 0.25) is 0 Å². The lowest BCUT2D eigenvalue weighted by molar-refractivity contribution is 0.398. The fourth-order valence-electron chi connectivity index (χ4n) is 9.38. The molecule has 0 amide bonds. The standard InChI is InChI=1S/C63H70/c1-5-7-9-11-13-15-45-63(46-16-14-12-10-8-6-2)61-47-57(39-37-55-33-29-53(30-34-55)27-25-51-21-17-49(3)18-22-51)41-43-59(61)60-44-42-58(48-62(60)63)40-38-56-35-31-54(32-36-56)28-26-52-23-19-50(4)20-24-52/h17-44,47-48H,5-16,45-46H2,1-4H3/b27-25+,28-26+,39-37+,40-38+. The molecule has 0 bridgehead atoms. The summed E-state index contributed by atoms with van der Waals surface area (Å²) >= 11 is 0. The van der Waals surface area contributed by atoms with Crippen LogP contribution >= 0.6 is 0 Å². The van der Waals surface area contributed by atoms with E-state index in [1.165, 1.54) is 157 Å². The van der Waals surface area contributed by atoms with Crippen molar-refractivity contribution in [2.75, 3.05) is 0 Å². The molecule has 322 valence electrons. The van der Waals surface area contributed by atoms with Gasteiger partial charge in [0.25, 0.3) is 0 Å². The fourth-order valence-corrected chi connectivity index (χ4v) is 9.38. The highest BCUT2D eigenvalue weighted by Crippen LogP contribution is 2.55. The summed E-state index contributed by atoms with van der Waals surface area (Å²) in [7, 11) is 0. The zero-order valence-corrected chi connectivity index (χ0v) is 38.7. The number of benzene rings is 6. The molecule has 0 unspecified atom stereocenters. The first-order valence-corrected chi connectivity index (χ1v) is 24.3. The molecule has 6 aromatic carbocycles. The van der Waals surface area contributed by atoms with Gasteiger partial charge in [-0.3, -0.25) is 0 Å². The highest BCUT2D eigenvalue weighted by Gasteiger charge is 2.42. The van der Waals surface area contributed by atoms with Crippen molar-refractivity contribution in [2.45, 2.75) is 123 Å². The van der Waals surface area contributed by atoms with E-state index in [1.54, 1.807) is 11.1 Å². The van der Waals surface area contributed by atoms with Crippen molar-refractivity contribution < 1.29 is 0 Å². The molecule has 0 spiro atoms. The summed E-state index contributed by atoms with van der Waals surface area (Å²) in [5.74, 6) is 0. The molecule has 0 aromatic heterocycles. The largest absolute Gasteiger partial charge is 0.0654 e. The second kappa shape index (κ2) is 23.1. The molecule has 0 fully saturated rings. The maximum Gasteiger partial charge on any atom is 0.0215 e. The molecule has 0 nitrogen and oxygen atoms in total. The Balaban J connectivity index is 1.15. The van der Waals surface area contributed by atoms with Crippen LogP contribution in [0.4, 0.5) is 0 Å². The van der Waals surface area contributed by atoms with Crippen LogP contribution in [0.25, 0.3) is 59.7 Å². The quantitative estimate of drug-likeness (QED) is 0.0472. The lowest BCUT2D eigenvalue weighted by atomic mass is 9.70. The summed E-state index contributed by atoms with van der Waals surface area (Å²) in [6.07, 6.45) is 36.3. The number of rotatable bonds is 22. The summed E-state index contributed by atoms with van der Waals surface area (Å²) in [5.41, 5.74) is 18.5. The molecule has 0 atom stereocenters. The zero-order valence-electron chi connectivity index (χ0n) is 38.7. The van der Waals surface area contributed by atoms with Crippen molar-refractivity contribution in [3.05, 3.63) is 200 Å². The topological polar surface area (TPSA) is 0 Å². The lowest BCUT2D eigenvalue weighted by Crippen LogP contribution is -2.25. The van der Waals surface area contributed by atoms with Crippen LogP contribution in [0.1, 0.15) is 171 Å². The Hall–Kier alpha value is -5.72. The Bertz CT molecular complexity index is 2270. The zero-order chi connectivity index (χ0) is 43.7. The maximum absolute atomic E-state index is 2.56. The van der Waals surface area contributed by atoms with Crippen molar-refractivity contribution in [1.29, 1.82) is 0 Å². The first-order chi connectivity index (χ1) is 30.9. The van der Waals surface area contributed by atoms with Crippen LogP contribution < -0.4 is 0 Å². The summed E-state index contributed by atoms with van der Waals surface area (Å²) in [6, 6.07) is 49.9. The predicted molar refractivity (Wildman–Crippen MR) is 280 cm³/mol. The Morgan fingerprint density at radius 3 is 0.873 bits per heavy atom. The minimum Gasteiger partial charge on any atom is -0.0654 e. The number of hydrogen-bond donors (Lipinski definition) is 0. The third-order valence-corrected chi connectivity index (χ3v) is 13.2. The van der Waals surface area contributed by atoms with E-state index in [-0.39, 0.29) is 5.41 Å². The second-order valence-electron chi connectivity index (χ2n) is 18.2. The maximum atomic E-state index is 2.56. The van der Waals surface area contributed by atoms with E-state index >= 15 is 0 Å². The van der Waals surface area contributed by atoms with Gasteiger partial charge in [0.05, 0.1) is 0 Å². The summed E-state index contributed by atoms with van der Waals surface area (Å²) < 4.78 is 0. The summed E-state index contributed by atoms with van der Waals surface area (Å²) in [5, 5.41) is 0. The van der Waals surface area contributed by atoms with E-state index in [0.29, 0.717) is 0 Å². The molecule has 0 heterocycles. The van der Waals surface area contributed by atoms with Crippen LogP contribution in [0.5, 0.6) is 0 Å². The molecule has 6 aromatic rings. The normalized spacial score (nSPS) is 13.2. The molecule has 0 radical (unpaired) electrons. The van der Waals surface area contributed by atoms with Crippen molar-refractivity contribution in [3.63, 3.8) is 0 Å². The van der Waals surface area contributed by atoms with Crippen LogP contribution in [0.2, 0.25) is 0 Å². The fraction of sp³-hybridized carbons (Fsp3) is 0.302. The van der Waals surface area contributed by atoms with Crippen LogP contribution in [0, 0.1) is 13.8 Å². The minimum absolute atomic E-state index is 0.0186. The average Bonchev–Trinajstić information content (AvgIpc) is 3.58. The highest BCUT2D eigenvalue weighted by molar-refractivity contribution is 5.85. The Kier molecular flexibility index (Phi) is 16.6. The van der Waals surface area contributed by atoms with E-state index in [2.05, 4.69) is 210 Å². The first-order valence-electron chi connectivity index (χ1n) is 24.3. The molecule has 63 heavy (non-hydrogen) atoms. The van der Waals surface area contributed by atoms with Gasteiger partial charge in [-0.25, -0.2) is 0 Å². The number of hydrogen-bond acceptors (Lipinski definition) is 0. The molecule has 1 aliphatic rings. The number of fused-ring (bicyclic) bond motifs is 3. The number of unbranched alkanes of at least 4 members (excludes halogenated alkanes) is 10. The Labute approximate surface area is 381 Å². The van der Waals surface area contributed by atoms with E-state index in [9.17, 15) is 0 Å². The van der Waals surface area contributed by atoms with Gasteiger partial charge in [-0.1, -0.05) is 284 Å². The third kappa shape index (κ3) is 12.7. The molecule has 0 saturated heterocycles. The SMILES string of the molecule is CCCCCCCCC1(CCCCCCCC)c2cc(/C=C/c3ccc(/C=C/c4ccc(C)cc4)cc3)ccc2-c2ccc(/C=C/c3ccc(/C=C/c4ccc(C)cc4)cc3)cc21. The predicted octanol–water partition coefficient (Wildman–Crippen LogP) is 18.8. The van der Waals surface area contributed by atoms with E-state index < -0.39 is 0 Å². The summed E-state index contributed by atoms with van der Waals surface area (Å²) in [4.78, 5) is 0. The van der Waals surface area contributed by atoms with Crippen LogP contribution in [-0.2, 0) is 5.41 Å². The molecule has 1 aliphatic carbocycles. The molecule has 0 aliphatic heterocycles. The van der Waals surface area contributed by atoms with E-state index in [4.69, 9.17) is 0 Å². The third-order valence-electron chi connectivity index (χ3n) is 13.2. The average molecular weight is 827 g/mol. The van der Waals surface area contributed by atoms with Crippen LogP contribution in [-0.4, -0.2) is 0 Å². The number of aryl methyl sites for hydroxylation is 2. The second-order valence-corrected chi connectivity index (χ2v) is 18.2. The van der Waals surface area contributed by atoms with Gasteiger partial charge < -0.3 is 0 Å². The Morgan fingerprint density at radius 1 is 0.302 bits per heavy atom. The molecule has 0 heteroatoms. The smallest absolute Gasteiger partial charge is 0.0215 e. The van der Waals surface area contributed by atoms with Gasteiger partial charge in [0.15, 0.2) is 0 Å². The molecular weight excluding hydrogens is 757 g/mol. The van der Waals surface area contributed by atoms with Crippen molar-refractivity contribution in [3.8, 4) is 11.1 Å². The lowest BCUT2D eigenvalue weighted by Gasteiger charge is -2.33. The van der Waals surface area contributed by atoms with Crippen molar-refractivity contribution in [1.82, 2.24) is 0 Å². The monoisotopic (exact) mass is 827 g/mol. The molecule has 0 saturated carbocycles. The van der Waals surface area contributed by atoms with E-state index in [1.807, 2.05) is 0 Å². The molecular formula is C63H70. The first kappa shape index (κ1) is 45.3. The van der Waals surface area contributed by atoms with E-state index in [0.717, 1.165) is 0 Å². The van der Waals surface area contributed by atoms with Gasteiger partial charge in [0.1, 0.15) is 0 Å². The molecule has 0 N–H and O–H groups in total. The minimum atomic E-state index is 0.0186. The Morgan fingerprint density at radius 2 is 0.556 bits per heavy atom. The van der Waals surface area contributed by atoms with Crippen molar-refractivity contribution >= 4 is 48.6 Å². The van der Waals surface area contributed by atoms with Gasteiger partial charge in [-0.2, -0.15) is 0 Å². The van der Waals surface area contributed by atoms with Crippen LogP contribution in [0.15, 0.2) is 133 Å². The van der Waals surface area contributed by atoms with Gasteiger partial charge >= 0.3 is 0 Å². The summed E-state index contributed by atoms with van der Waals surface area (Å²) in [6.45, 7) is 8.90. The highest BCUT2D eigenvalue weighted by atomic mass is 14.4.